The molecule has 0 aliphatic rings. The molecule has 0 aliphatic carbocycles. The molecule has 20 rings (SSSR count). The predicted octanol–water partition coefficient (Wildman–Crippen LogP) is 21.8. The van der Waals surface area contributed by atoms with Crippen LogP contribution < -0.4 is 0 Å². The summed E-state index contributed by atoms with van der Waals surface area (Å²) in [4.78, 5) is 34.7. The van der Waals surface area contributed by atoms with Crippen molar-refractivity contribution < 1.29 is 9.26 Å². The highest BCUT2D eigenvalue weighted by Crippen LogP contribution is 2.44. The second kappa shape index (κ2) is 25.0. The van der Waals surface area contributed by atoms with Gasteiger partial charge in [0.05, 0.1) is 67.6 Å². The number of benzene rings is 11. The summed E-state index contributed by atoms with van der Waals surface area (Å²) in [7, 11) is 0. The van der Waals surface area contributed by atoms with Crippen LogP contribution in [0, 0.1) is 0 Å². The lowest BCUT2D eigenvalue weighted by Gasteiger charge is -2.13. The molecule has 9 heterocycles. The summed E-state index contributed by atoms with van der Waals surface area (Å²) in [6.45, 7) is 0. The van der Waals surface area contributed by atoms with Crippen LogP contribution in [0.15, 0.2) is 331 Å². The van der Waals surface area contributed by atoms with Crippen LogP contribution in [0.1, 0.15) is 0 Å². The Morgan fingerprint density at radius 1 is 0.206 bits per heavy atom. The highest BCUT2D eigenvalue weighted by molar-refractivity contribution is 6.25. The van der Waals surface area contributed by atoms with Crippen molar-refractivity contribution in [3.8, 4) is 112 Å². The SMILES string of the molecule is c1ccc(-c2cc3c(-c4ccc(-c5ccc(-c6cc(-c7ccccn7)nc(-c7ccccn7)c6)cc5)cc4)nc4ccccc4c3c3nonc23)cc1.c1ccc(-c2ccc3ccc4ccc(-c5ccc(-c6nc7ccccc7c7c6cc(-c6ccccc6)c6nonc67)cc5)nc4c3n2)cc1. The van der Waals surface area contributed by atoms with E-state index >= 15 is 0 Å². The van der Waals surface area contributed by atoms with Crippen molar-refractivity contribution in [3.05, 3.63) is 322 Å². The van der Waals surface area contributed by atoms with E-state index in [1.165, 1.54) is 0 Å². The summed E-state index contributed by atoms with van der Waals surface area (Å²) in [5.74, 6) is 0. The molecule has 9 aromatic heterocycles. The van der Waals surface area contributed by atoms with Gasteiger partial charge in [-0.3, -0.25) is 9.97 Å². The fourth-order valence-electron chi connectivity index (χ4n) is 14.0. The first kappa shape index (κ1) is 59.1. The largest absolute Gasteiger partial charge is 0.255 e. The molecule has 0 bridgehead atoms. The summed E-state index contributed by atoms with van der Waals surface area (Å²) >= 11 is 0. The molecule has 13 heteroatoms. The van der Waals surface area contributed by atoms with Gasteiger partial charge in [0, 0.05) is 88.9 Å². The van der Waals surface area contributed by atoms with Crippen LogP contribution in [0.25, 0.3) is 200 Å². The number of nitrogens with zero attached hydrogens (tertiary/aromatic N) is 11. The van der Waals surface area contributed by atoms with Crippen LogP contribution in [0.3, 0.4) is 0 Å². The standard InChI is InChI=1S/C46H28N6O.C43H25N5O/c1-2-10-32(11-3-1)36-28-37-43(46-45(36)51-53-52-46)35-12-4-5-13-38(35)50-44(37)33-22-20-30(21-23-33)29-16-18-31(19-17-29)34-26-41(39-14-6-8-24-47-39)49-42(27-34)40-15-7-9-25-48-40;1-3-9-26(10-4-1)33-25-34-38(43-42(33)47-49-48-43)32-13-7-8-14-37(32)46-39(34)29-17-15-28(16-18-29)36-24-22-31-20-19-30-21-23-35(27-11-5-2-6-12-27)44-40(30)41(31)45-36/h1-28H;1-25H. The molecule has 20 aromatic rings. The first-order valence-electron chi connectivity index (χ1n) is 33.5. The van der Waals surface area contributed by atoms with Crippen LogP contribution in [0.4, 0.5) is 0 Å². The number of aromatic nitrogens is 11. The van der Waals surface area contributed by atoms with E-state index in [1.54, 1.807) is 12.4 Å². The summed E-state index contributed by atoms with van der Waals surface area (Å²) in [6, 6.07) is 106. The first-order chi connectivity index (χ1) is 50.5. The van der Waals surface area contributed by atoms with Gasteiger partial charge in [-0.05, 0) is 127 Å². The maximum atomic E-state index is 5.35. The maximum absolute atomic E-state index is 5.35. The molecule has 0 aliphatic heterocycles. The number of para-hydroxylation sites is 2. The van der Waals surface area contributed by atoms with Gasteiger partial charge >= 0.3 is 0 Å². The topological polar surface area (TPSA) is 168 Å². The van der Waals surface area contributed by atoms with Gasteiger partial charge in [0.1, 0.15) is 22.1 Å². The fraction of sp³-hybridized carbons (Fsp3) is 0. The van der Waals surface area contributed by atoms with Crippen molar-refractivity contribution in [2.75, 3.05) is 0 Å². The molecule has 0 atom stereocenters. The predicted molar refractivity (Wildman–Crippen MR) is 408 cm³/mol. The molecule has 0 radical (unpaired) electrons. The fourth-order valence-corrected chi connectivity index (χ4v) is 14.0. The zero-order chi connectivity index (χ0) is 67.5. The Bertz CT molecular complexity index is 6520. The average molecular weight is 1310 g/mol. The third kappa shape index (κ3) is 10.6. The molecule has 102 heavy (non-hydrogen) atoms. The van der Waals surface area contributed by atoms with Crippen LogP contribution in [-0.2, 0) is 0 Å². The van der Waals surface area contributed by atoms with Crippen LogP contribution in [0.5, 0.6) is 0 Å². The Kier molecular flexibility index (Phi) is 14.5. The lowest BCUT2D eigenvalue weighted by Crippen LogP contribution is -1.94. The first-order valence-corrected chi connectivity index (χ1v) is 33.5. The molecule has 0 amide bonds. The number of pyridine rings is 7. The molecular weight excluding hydrogens is 1260 g/mol. The van der Waals surface area contributed by atoms with Crippen molar-refractivity contribution in [1.29, 1.82) is 0 Å². The van der Waals surface area contributed by atoms with Crippen LogP contribution in [0.2, 0.25) is 0 Å². The Morgan fingerprint density at radius 3 is 1.01 bits per heavy atom. The van der Waals surface area contributed by atoms with Gasteiger partial charge in [0.25, 0.3) is 0 Å². The van der Waals surface area contributed by atoms with E-state index in [9.17, 15) is 0 Å². The molecule has 476 valence electrons. The molecule has 0 saturated heterocycles. The van der Waals surface area contributed by atoms with Gasteiger partial charge in [-0.2, -0.15) is 0 Å². The quantitative estimate of drug-likeness (QED) is 0.119. The molecule has 0 saturated carbocycles. The van der Waals surface area contributed by atoms with E-state index in [-0.39, 0.29) is 0 Å². The van der Waals surface area contributed by atoms with Gasteiger partial charge in [0.2, 0.25) is 0 Å². The van der Waals surface area contributed by atoms with Gasteiger partial charge in [0.15, 0.2) is 0 Å². The van der Waals surface area contributed by atoms with E-state index < -0.39 is 0 Å². The lowest BCUT2D eigenvalue weighted by molar-refractivity contribution is 0.316. The van der Waals surface area contributed by atoms with E-state index in [0.29, 0.717) is 0 Å². The molecule has 0 spiro atoms. The van der Waals surface area contributed by atoms with Crippen molar-refractivity contribution in [1.82, 2.24) is 55.5 Å². The Balaban J connectivity index is 0.000000142. The van der Waals surface area contributed by atoms with E-state index in [4.69, 9.17) is 34.2 Å². The third-order valence-corrected chi connectivity index (χ3v) is 19.0. The van der Waals surface area contributed by atoms with Gasteiger partial charge in [-0.1, -0.05) is 237 Å². The molecule has 11 aromatic carbocycles. The summed E-state index contributed by atoms with van der Waals surface area (Å²) < 4.78 is 10.7. The lowest BCUT2D eigenvalue weighted by atomic mass is 9.93. The van der Waals surface area contributed by atoms with E-state index in [1.807, 2.05) is 127 Å². The zero-order valence-electron chi connectivity index (χ0n) is 54.3. The Hall–Kier alpha value is -14.2. The van der Waals surface area contributed by atoms with Crippen LogP contribution in [-0.4, -0.2) is 55.5 Å². The van der Waals surface area contributed by atoms with E-state index in [0.717, 1.165) is 200 Å². The Labute approximate surface area is 582 Å². The smallest absolute Gasteiger partial charge is 0.144 e. The monoisotopic (exact) mass is 1310 g/mol. The average Bonchev–Trinajstić information content (AvgIpc) is 1.24. The third-order valence-electron chi connectivity index (χ3n) is 19.0. The molecule has 13 nitrogen and oxygen atoms in total. The normalized spacial score (nSPS) is 11.5. The maximum Gasteiger partial charge on any atom is 0.144 e. The highest BCUT2D eigenvalue weighted by Gasteiger charge is 2.23. The van der Waals surface area contributed by atoms with Gasteiger partial charge < -0.3 is 0 Å². The second-order valence-corrected chi connectivity index (χ2v) is 25.1. The molecular formula is C89H53N11O2. The van der Waals surface area contributed by atoms with Gasteiger partial charge in [-0.15, -0.1) is 0 Å². The number of fused-ring (bicyclic) bond motifs is 13. The summed E-state index contributed by atoms with van der Waals surface area (Å²) in [5, 5.41) is 25.6. The molecule has 0 N–H and O–H groups in total. The minimum absolute atomic E-state index is 0.726. The number of hydrogen-bond acceptors (Lipinski definition) is 13. The number of rotatable bonds is 10. The minimum Gasteiger partial charge on any atom is -0.255 e. The molecule has 0 fully saturated rings. The van der Waals surface area contributed by atoms with Crippen molar-refractivity contribution in [2.45, 2.75) is 0 Å². The highest BCUT2D eigenvalue weighted by atomic mass is 16.6. The van der Waals surface area contributed by atoms with Crippen molar-refractivity contribution in [2.24, 2.45) is 0 Å². The zero-order valence-corrected chi connectivity index (χ0v) is 54.3. The number of hydrogen-bond donors (Lipinski definition) is 0. The minimum atomic E-state index is 0.726. The summed E-state index contributed by atoms with van der Waals surface area (Å²) in [5.41, 5.74) is 25.7. The van der Waals surface area contributed by atoms with Crippen molar-refractivity contribution in [3.63, 3.8) is 0 Å². The van der Waals surface area contributed by atoms with Crippen molar-refractivity contribution >= 4 is 87.2 Å². The van der Waals surface area contributed by atoms with E-state index in [2.05, 4.69) is 213 Å². The Morgan fingerprint density at radius 2 is 0.569 bits per heavy atom. The molecule has 0 unspecified atom stereocenters. The van der Waals surface area contributed by atoms with Crippen LogP contribution >= 0.6 is 0 Å². The summed E-state index contributed by atoms with van der Waals surface area (Å²) in [6.07, 6.45) is 3.58. The second-order valence-electron chi connectivity index (χ2n) is 25.1. The van der Waals surface area contributed by atoms with Gasteiger partial charge in [-0.25, -0.2) is 34.2 Å².